The first-order valence-corrected chi connectivity index (χ1v) is 7.40. The minimum atomic E-state index is 0.834. The van der Waals surface area contributed by atoms with E-state index in [1.165, 1.54) is 28.1 Å². The summed E-state index contributed by atoms with van der Waals surface area (Å²) in [6.07, 6.45) is 2.83. The van der Waals surface area contributed by atoms with Crippen molar-refractivity contribution in [2.75, 3.05) is 6.54 Å². The Labute approximate surface area is 120 Å². The van der Waals surface area contributed by atoms with Crippen LogP contribution in [0.5, 0.6) is 0 Å². The van der Waals surface area contributed by atoms with Crippen LogP contribution in [-0.4, -0.2) is 16.5 Å². The largest absolute Gasteiger partial charge is 0.312 e. The number of benzene rings is 1. The van der Waals surface area contributed by atoms with Gasteiger partial charge in [0.05, 0.1) is 5.69 Å². The van der Waals surface area contributed by atoms with E-state index in [4.69, 9.17) is 9.97 Å². The van der Waals surface area contributed by atoms with Crippen LogP contribution in [0.1, 0.15) is 40.8 Å². The van der Waals surface area contributed by atoms with E-state index < -0.39 is 0 Å². The predicted octanol–water partition coefficient (Wildman–Crippen LogP) is 2.58. The highest BCUT2D eigenvalue weighted by Crippen LogP contribution is 2.18. The topological polar surface area (TPSA) is 37.8 Å². The molecule has 20 heavy (non-hydrogen) atoms. The van der Waals surface area contributed by atoms with Crippen LogP contribution >= 0.6 is 0 Å². The standard InChI is InChI=1S/C17H21N3/c1-3-15-14-11-18-9-8-16(14)20-17(19-15)10-13-7-5-4-6-12(13)2/h4-7,18H,3,8-11H2,1-2H3. The number of fused-ring (bicyclic) bond motifs is 1. The van der Waals surface area contributed by atoms with Gasteiger partial charge in [0.2, 0.25) is 0 Å². The van der Waals surface area contributed by atoms with Crippen molar-refractivity contribution in [2.24, 2.45) is 0 Å². The number of hydrogen-bond acceptors (Lipinski definition) is 3. The quantitative estimate of drug-likeness (QED) is 0.929. The SMILES string of the molecule is CCc1nc(Cc2ccccc2C)nc2c1CNCC2. The average molecular weight is 267 g/mol. The molecule has 1 aliphatic rings. The highest BCUT2D eigenvalue weighted by molar-refractivity contribution is 5.32. The molecule has 104 valence electrons. The second-order valence-electron chi connectivity index (χ2n) is 5.40. The summed E-state index contributed by atoms with van der Waals surface area (Å²) in [7, 11) is 0. The molecule has 3 rings (SSSR count). The van der Waals surface area contributed by atoms with Crippen molar-refractivity contribution >= 4 is 0 Å². The Bertz CT molecular complexity index is 602. The van der Waals surface area contributed by atoms with E-state index in [1.807, 2.05) is 0 Å². The number of aryl methyl sites for hydroxylation is 2. The Morgan fingerprint density at radius 1 is 1.20 bits per heavy atom. The van der Waals surface area contributed by atoms with Crippen LogP contribution in [0.4, 0.5) is 0 Å². The molecule has 1 aromatic heterocycles. The van der Waals surface area contributed by atoms with Crippen molar-refractivity contribution in [2.45, 2.75) is 39.7 Å². The van der Waals surface area contributed by atoms with Crippen LogP contribution in [0, 0.1) is 6.92 Å². The Morgan fingerprint density at radius 3 is 2.85 bits per heavy atom. The fourth-order valence-corrected chi connectivity index (χ4v) is 2.82. The van der Waals surface area contributed by atoms with Gasteiger partial charge in [0.15, 0.2) is 0 Å². The number of rotatable bonds is 3. The fraction of sp³-hybridized carbons (Fsp3) is 0.412. The lowest BCUT2D eigenvalue weighted by molar-refractivity contribution is 0.611. The summed E-state index contributed by atoms with van der Waals surface area (Å²) < 4.78 is 0. The Morgan fingerprint density at radius 2 is 2.05 bits per heavy atom. The molecule has 0 bridgehead atoms. The van der Waals surface area contributed by atoms with Gasteiger partial charge in [0.25, 0.3) is 0 Å². The molecule has 0 unspecified atom stereocenters. The molecule has 0 atom stereocenters. The lowest BCUT2D eigenvalue weighted by Gasteiger charge is -2.19. The summed E-state index contributed by atoms with van der Waals surface area (Å²) >= 11 is 0. The van der Waals surface area contributed by atoms with E-state index in [0.717, 1.165) is 38.2 Å². The molecule has 2 heterocycles. The first-order valence-electron chi connectivity index (χ1n) is 7.40. The number of hydrogen-bond donors (Lipinski definition) is 1. The summed E-state index contributed by atoms with van der Waals surface area (Å²) in [5.74, 6) is 0.969. The molecule has 3 heteroatoms. The number of aromatic nitrogens is 2. The van der Waals surface area contributed by atoms with Crippen LogP contribution in [0.25, 0.3) is 0 Å². The van der Waals surface area contributed by atoms with E-state index in [9.17, 15) is 0 Å². The van der Waals surface area contributed by atoms with Gasteiger partial charge >= 0.3 is 0 Å². The van der Waals surface area contributed by atoms with Crippen LogP contribution in [0.2, 0.25) is 0 Å². The maximum Gasteiger partial charge on any atom is 0.133 e. The second-order valence-corrected chi connectivity index (χ2v) is 5.40. The maximum absolute atomic E-state index is 4.81. The van der Waals surface area contributed by atoms with Crippen LogP contribution in [0.15, 0.2) is 24.3 Å². The van der Waals surface area contributed by atoms with E-state index in [1.54, 1.807) is 0 Å². The Kier molecular flexibility index (Phi) is 3.79. The third-order valence-electron chi connectivity index (χ3n) is 4.01. The third-order valence-corrected chi connectivity index (χ3v) is 4.01. The smallest absolute Gasteiger partial charge is 0.133 e. The van der Waals surface area contributed by atoms with E-state index >= 15 is 0 Å². The molecular formula is C17H21N3. The third kappa shape index (κ3) is 2.59. The number of nitrogens with zero attached hydrogens (tertiary/aromatic N) is 2. The lowest BCUT2D eigenvalue weighted by Crippen LogP contribution is -2.27. The lowest BCUT2D eigenvalue weighted by atomic mass is 10.0. The second kappa shape index (κ2) is 5.71. The molecule has 0 fully saturated rings. The van der Waals surface area contributed by atoms with Crippen LogP contribution in [-0.2, 0) is 25.8 Å². The van der Waals surface area contributed by atoms with Gasteiger partial charge in [-0.2, -0.15) is 0 Å². The van der Waals surface area contributed by atoms with Gasteiger partial charge in [0, 0.05) is 37.2 Å². The van der Waals surface area contributed by atoms with Crippen LogP contribution < -0.4 is 5.32 Å². The molecule has 0 saturated carbocycles. The highest BCUT2D eigenvalue weighted by atomic mass is 14.9. The summed E-state index contributed by atoms with van der Waals surface area (Å²) in [5, 5.41) is 3.41. The van der Waals surface area contributed by atoms with Crippen molar-refractivity contribution in [1.82, 2.24) is 15.3 Å². The zero-order chi connectivity index (χ0) is 13.9. The summed E-state index contributed by atoms with van der Waals surface area (Å²) in [6, 6.07) is 8.49. The van der Waals surface area contributed by atoms with Gasteiger partial charge in [0.1, 0.15) is 5.82 Å². The predicted molar refractivity (Wildman–Crippen MR) is 80.8 cm³/mol. The molecule has 0 radical (unpaired) electrons. The minimum Gasteiger partial charge on any atom is -0.312 e. The highest BCUT2D eigenvalue weighted by Gasteiger charge is 2.16. The number of nitrogens with one attached hydrogen (secondary N) is 1. The van der Waals surface area contributed by atoms with Gasteiger partial charge in [-0.25, -0.2) is 9.97 Å². The summed E-state index contributed by atoms with van der Waals surface area (Å²) in [4.78, 5) is 9.60. The van der Waals surface area contributed by atoms with E-state index in [-0.39, 0.29) is 0 Å². The molecule has 0 spiro atoms. The normalized spacial score (nSPS) is 14.1. The monoisotopic (exact) mass is 267 g/mol. The van der Waals surface area contributed by atoms with Crippen molar-refractivity contribution < 1.29 is 0 Å². The molecule has 0 saturated heterocycles. The zero-order valence-corrected chi connectivity index (χ0v) is 12.2. The van der Waals surface area contributed by atoms with Crippen molar-refractivity contribution in [3.05, 3.63) is 58.2 Å². The minimum absolute atomic E-state index is 0.834. The summed E-state index contributed by atoms with van der Waals surface area (Å²) in [6.45, 7) is 6.27. The molecular weight excluding hydrogens is 246 g/mol. The molecule has 1 N–H and O–H groups in total. The molecule has 0 aliphatic carbocycles. The molecule has 0 amide bonds. The molecule has 1 aliphatic heterocycles. The van der Waals surface area contributed by atoms with Gasteiger partial charge in [-0.05, 0) is 24.5 Å². The van der Waals surface area contributed by atoms with Crippen molar-refractivity contribution in [3.63, 3.8) is 0 Å². The van der Waals surface area contributed by atoms with E-state index in [2.05, 4.69) is 43.4 Å². The van der Waals surface area contributed by atoms with Gasteiger partial charge in [-0.1, -0.05) is 31.2 Å². The first kappa shape index (κ1) is 13.3. The zero-order valence-electron chi connectivity index (χ0n) is 12.2. The van der Waals surface area contributed by atoms with Gasteiger partial charge < -0.3 is 5.32 Å². The van der Waals surface area contributed by atoms with E-state index in [0.29, 0.717) is 0 Å². The average Bonchev–Trinajstić information content (AvgIpc) is 2.49. The molecule has 3 nitrogen and oxygen atoms in total. The van der Waals surface area contributed by atoms with Gasteiger partial charge in [-0.3, -0.25) is 0 Å². The summed E-state index contributed by atoms with van der Waals surface area (Å²) in [5.41, 5.74) is 6.43. The van der Waals surface area contributed by atoms with Gasteiger partial charge in [-0.15, -0.1) is 0 Å². The molecule has 1 aromatic carbocycles. The van der Waals surface area contributed by atoms with Crippen molar-refractivity contribution in [3.8, 4) is 0 Å². The van der Waals surface area contributed by atoms with Crippen LogP contribution in [0.3, 0.4) is 0 Å². The Balaban J connectivity index is 1.96. The first-order chi connectivity index (χ1) is 9.78. The molecule has 2 aromatic rings. The maximum atomic E-state index is 4.81. The Hall–Kier alpha value is -1.74. The van der Waals surface area contributed by atoms with Crippen molar-refractivity contribution in [1.29, 1.82) is 0 Å². The fourth-order valence-electron chi connectivity index (χ4n) is 2.82.